The summed E-state index contributed by atoms with van der Waals surface area (Å²) >= 11 is 0. The van der Waals surface area contributed by atoms with Gasteiger partial charge in [0.25, 0.3) is 0 Å². The van der Waals surface area contributed by atoms with E-state index in [1.165, 1.54) is 6.33 Å². The summed E-state index contributed by atoms with van der Waals surface area (Å²) in [6, 6.07) is 8.97. The van der Waals surface area contributed by atoms with Gasteiger partial charge >= 0.3 is 0 Å². The number of morpholine rings is 1. The summed E-state index contributed by atoms with van der Waals surface area (Å²) in [5, 5.41) is 9.59. The molecule has 110 valence electrons. The number of hydrogen-bond acceptors (Lipinski definition) is 6. The molecule has 0 bridgehead atoms. The molecule has 0 spiro atoms. The van der Waals surface area contributed by atoms with Crippen molar-refractivity contribution in [3.05, 3.63) is 42.2 Å². The molecule has 1 saturated heterocycles. The van der Waals surface area contributed by atoms with Gasteiger partial charge in [-0.15, -0.1) is 0 Å². The number of aromatic nitrogens is 2. The number of anilines is 1. The predicted molar refractivity (Wildman–Crippen MR) is 77.6 cm³/mol. The standard InChI is InChI=1S/C15H17N3O3/c1-20-15-8-14(16-10-17-15)18-5-6-21-13(9-18)11-3-2-4-12(19)7-11/h2-4,7-8,10,13,19H,5-6,9H2,1H3/t13-/m1/s1. The Morgan fingerprint density at radius 1 is 1.33 bits per heavy atom. The molecule has 2 aromatic rings. The van der Waals surface area contributed by atoms with Crippen LogP contribution in [0.2, 0.25) is 0 Å². The van der Waals surface area contributed by atoms with Crippen molar-refractivity contribution < 1.29 is 14.6 Å². The first-order chi connectivity index (χ1) is 10.3. The van der Waals surface area contributed by atoms with E-state index >= 15 is 0 Å². The molecule has 6 heteroatoms. The second-order valence-electron chi connectivity index (χ2n) is 4.82. The van der Waals surface area contributed by atoms with Crippen molar-refractivity contribution in [2.24, 2.45) is 0 Å². The number of aromatic hydroxyl groups is 1. The summed E-state index contributed by atoms with van der Waals surface area (Å²) in [4.78, 5) is 10.4. The minimum Gasteiger partial charge on any atom is -0.508 e. The van der Waals surface area contributed by atoms with E-state index in [4.69, 9.17) is 9.47 Å². The number of phenols is 1. The summed E-state index contributed by atoms with van der Waals surface area (Å²) in [7, 11) is 1.58. The molecule has 1 fully saturated rings. The molecule has 0 saturated carbocycles. The van der Waals surface area contributed by atoms with Crippen molar-refractivity contribution in [2.75, 3.05) is 31.7 Å². The van der Waals surface area contributed by atoms with Crippen LogP contribution in [0.4, 0.5) is 5.82 Å². The van der Waals surface area contributed by atoms with Crippen molar-refractivity contribution >= 4 is 5.82 Å². The van der Waals surface area contributed by atoms with Crippen LogP contribution in [0.25, 0.3) is 0 Å². The summed E-state index contributed by atoms with van der Waals surface area (Å²) in [5.41, 5.74) is 0.959. The second-order valence-corrected chi connectivity index (χ2v) is 4.82. The second kappa shape index (κ2) is 5.97. The zero-order valence-electron chi connectivity index (χ0n) is 11.8. The van der Waals surface area contributed by atoms with Crippen LogP contribution in [0.3, 0.4) is 0 Å². The lowest BCUT2D eigenvalue weighted by Crippen LogP contribution is -2.38. The smallest absolute Gasteiger partial charge is 0.218 e. The maximum absolute atomic E-state index is 9.59. The van der Waals surface area contributed by atoms with Gasteiger partial charge in [0.1, 0.15) is 24.0 Å². The minimum absolute atomic E-state index is 0.0909. The Morgan fingerprint density at radius 2 is 2.24 bits per heavy atom. The lowest BCUT2D eigenvalue weighted by Gasteiger charge is -2.34. The monoisotopic (exact) mass is 287 g/mol. The largest absolute Gasteiger partial charge is 0.508 e. The fraction of sp³-hybridized carbons (Fsp3) is 0.333. The first kappa shape index (κ1) is 13.6. The summed E-state index contributed by atoms with van der Waals surface area (Å²) in [6.45, 7) is 2.03. The van der Waals surface area contributed by atoms with E-state index in [-0.39, 0.29) is 11.9 Å². The molecule has 0 aliphatic carbocycles. The van der Waals surface area contributed by atoms with Crippen molar-refractivity contribution in [3.63, 3.8) is 0 Å². The topological polar surface area (TPSA) is 67.7 Å². The summed E-state index contributed by atoms with van der Waals surface area (Å²) in [6.07, 6.45) is 1.40. The molecule has 1 atom stereocenters. The van der Waals surface area contributed by atoms with E-state index in [1.807, 2.05) is 18.2 Å². The highest BCUT2D eigenvalue weighted by Gasteiger charge is 2.23. The van der Waals surface area contributed by atoms with Gasteiger partial charge in [-0.1, -0.05) is 12.1 Å². The number of benzene rings is 1. The third kappa shape index (κ3) is 3.05. The van der Waals surface area contributed by atoms with Crippen molar-refractivity contribution in [1.82, 2.24) is 9.97 Å². The van der Waals surface area contributed by atoms with Crippen molar-refractivity contribution in [2.45, 2.75) is 6.10 Å². The highest BCUT2D eigenvalue weighted by atomic mass is 16.5. The molecular formula is C15H17N3O3. The average molecular weight is 287 g/mol. The Kier molecular flexibility index (Phi) is 3.87. The Bertz CT molecular complexity index is 621. The molecule has 21 heavy (non-hydrogen) atoms. The van der Waals surface area contributed by atoms with Crippen LogP contribution in [-0.4, -0.2) is 41.9 Å². The zero-order chi connectivity index (χ0) is 14.7. The van der Waals surface area contributed by atoms with Gasteiger partial charge in [-0.3, -0.25) is 0 Å². The fourth-order valence-corrected chi connectivity index (χ4v) is 2.40. The fourth-order valence-electron chi connectivity index (χ4n) is 2.40. The van der Waals surface area contributed by atoms with Gasteiger partial charge in [0, 0.05) is 19.2 Å². The van der Waals surface area contributed by atoms with Gasteiger partial charge < -0.3 is 19.5 Å². The van der Waals surface area contributed by atoms with E-state index in [0.29, 0.717) is 19.0 Å². The Balaban J connectivity index is 1.79. The Morgan fingerprint density at radius 3 is 3.05 bits per heavy atom. The number of nitrogens with zero attached hydrogens (tertiary/aromatic N) is 3. The predicted octanol–water partition coefficient (Wildman–Crippen LogP) is 1.77. The zero-order valence-corrected chi connectivity index (χ0v) is 11.8. The molecule has 1 aromatic heterocycles. The van der Waals surface area contributed by atoms with E-state index in [2.05, 4.69) is 14.9 Å². The van der Waals surface area contributed by atoms with Crippen molar-refractivity contribution in [3.8, 4) is 11.6 Å². The van der Waals surface area contributed by atoms with Crippen LogP contribution >= 0.6 is 0 Å². The highest BCUT2D eigenvalue weighted by Crippen LogP contribution is 2.27. The quantitative estimate of drug-likeness (QED) is 0.928. The number of methoxy groups -OCH3 is 1. The summed E-state index contributed by atoms with van der Waals surface area (Å²) in [5.74, 6) is 1.60. The minimum atomic E-state index is -0.0909. The number of hydrogen-bond donors (Lipinski definition) is 1. The Labute approximate surface area is 123 Å². The van der Waals surface area contributed by atoms with Crippen LogP contribution in [-0.2, 0) is 4.74 Å². The third-order valence-corrected chi connectivity index (χ3v) is 3.47. The maximum Gasteiger partial charge on any atom is 0.218 e. The van der Waals surface area contributed by atoms with Gasteiger partial charge in [-0.05, 0) is 17.7 Å². The van der Waals surface area contributed by atoms with E-state index in [9.17, 15) is 5.11 Å². The van der Waals surface area contributed by atoms with E-state index in [1.54, 1.807) is 19.2 Å². The molecule has 1 aliphatic heterocycles. The highest BCUT2D eigenvalue weighted by molar-refractivity contribution is 5.42. The van der Waals surface area contributed by atoms with Gasteiger partial charge in [-0.25, -0.2) is 9.97 Å². The van der Waals surface area contributed by atoms with Crippen LogP contribution in [0.15, 0.2) is 36.7 Å². The van der Waals surface area contributed by atoms with Crippen LogP contribution in [0.1, 0.15) is 11.7 Å². The van der Waals surface area contributed by atoms with Gasteiger partial charge in [0.05, 0.1) is 13.7 Å². The first-order valence-electron chi connectivity index (χ1n) is 6.78. The molecule has 0 radical (unpaired) electrons. The maximum atomic E-state index is 9.59. The molecule has 6 nitrogen and oxygen atoms in total. The Hall–Kier alpha value is -2.34. The first-order valence-corrected chi connectivity index (χ1v) is 6.78. The van der Waals surface area contributed by atoms with Gasteiger partial charge in [0.2, 0.25) is 5.88 Å². The van der Waals surface area contributed by atoms with Crippen molar-refractivity contribution in [1.29, 1.82) is 0 Å². The van der Waals surface area contributed by atoms with Gasteiger partial charge in [-0.2, -0.15) is 0 Å². The third-order valence-electron chi connectivity index (χ3n) is 3.47. The SMILES string of the molecule is COc1cc(N2CCO[C@@H](c3cccc(O)c3)C2)ncn1. The molecule has 0 unspecified atom stereocenters. The van der Waals surface area contributed by atoms with Crippen LogP contribution < -0.4 is 9.64 Å². The molecular weight excluding hydrogens is 270 g/mol. The summed E-state index contributed by atoms with van der Waals surface area (Å²) < 4.78 is 10.9. The molecule has 1 N–H and O–H groups in total. The molecule has 1 aromatic carbocycles. The molecule has 1 aliphatic rings. The molecule has 3 rings (SSSR count). The normalized spacial score (nSPS) is 18.5. The van der Waals surface area contributed by atoms with Crippen LogP contribution in [0, 0.1) is 0 Å². The van der Waals surface area contributed by atoms with Crippen LogP contribution in [0.5, 0.6) is 11.6 Å². The lowest BCUT2D eigenvalue weighted by molar-refractivity contribution is 0.0394. The number of ether oxygens (including phenoxy) is 2. The number of rotatable bonds is 3. The lowest BCUT2D eigenvalue weighted by atomic mass is 10.1. The molecule has 0 amide bonds. The molecule has 2 heterocycles. The van der Waals surface area contributed by atoms with Gasteiger partial charge in [0.15, 0.2) is 0 Å². The van der Waals surface area contributed by atoms with E-state index in [0.717, 1.165) is 17.9 Å². The number of phenolic OH excluding ortho intramolecular Hbond substituents is 1. The average Bonchev–Trinajstić information content (AvgIpc) is 2.55. The van der Waals surface area contributed by atoms with E-state index < -0.39 is 0 Å².